The van der Waals surface area contributed by atoms with Gasteiger partial charge in [0.25, 0.3) is 0 Å². The third-order valence-corrected chi connectivity index (χ3v) is 6.51. The normalized spacial score (nSPS) is 26.6. The van der Waals surface area contributed by atoms with Crippen LogP contribution in [0.4, 0.5) is 4.79 Å². The highest BCUT2D eigenvalue weighted by atomic mass is 32.2. The van der Waals surface area contributed by atoms with Crippen molar-refractivity contribution in [2.75, 3.05) is 18.6 Å². The van der Waals surface area contributed by atoms with E-state index in [2.05, 4.69) is 19.2 Å². The quantitative estimate of drug-likeness (QED) is 0.812. The van der Waals surface area contributed by atoms with E-state index in [-0.39, 0.29) is 16.2 Å². The summed E-state index contributed by atoms with van der Waals surface area (Å²) in [6, 6.07) is -0.926. The molecule has 0 radical (unpaired) electrons. The molecule has 2 rings (SSSR count). The smallest absolute Gasteiger partial charge is 0.327 e. The Balaban J connectivity index is 2.01. The summed E-state index contributed by atoms with van der Waals surface area (Å²) in [5.41, 5.74) is 0. The molecule has 1 aliphatic heterocycles. The first kappa shape index (κ1) is 15.8. The van der Waals surface area contributed by atoms with Crippen LogP contribution in [0.25, 0.3) is 0 Å². The number of nitrogens with one attached hydrogen (secondary N) is 1. The van der Waals surface area contributed by atoms with Gasteiger partial charge in [0.15, 0.2) is 0 Å². The van der Waals surface area contributed by atoms with Crippen LogP contribution in [-0.4, -0.2) is 56.7 Å². The van der Waals surface area contributed by atoms with Crippen LogP contribution in [0.1, 0.15) is 26.7 Å². The second-order valence-electron chi connectivity index (χ2n) is 5.95. The lowest BCUT2D eigenvalue weighted by molar-refractivity contribution is -0.141. The number of hydrogen-bond acceptors (Lipinski definition) is 4. The van der Waals surface area contributed by atoms with Crippen LogP contribution in [0.3, 0.4) is 0 Å². The van der Waals surface area contributed by atoms with Gasteiger partial charge in [0, 0.05) is 17.0 Å². The number of carbonyl (C=O) groups is 2. The average molecular weight is 318 g/mol. The molecule has 1 aliphatic carbocycles. The van der Waals surface area contributed by atoms with Crippen molar-refractivity contribution >= 4 is 35.5 Å². The highest BCUT2D eigenvalue weighted by Gasteiger charge is 2.48. The molecule has 1 heterocycles. The molecular formula is C13H22N2O3S2. The lowest BCUT2D eigenvalue weighted by atomic mass is 10.2. The van der Waals surface area contributed by atoms with Crippen LogP contribution in [0, 0.1) is 5.92 Å². The van der Waals surface area contributed by atoms with Crippen molar-refractivity contribution in [3.63, 3.8) is 0 Å². The van der Waals surface area contributed by atoms with Gasteiger partial charge < -0.3 is 10.4 Å². The fourth-order valence-electron chi connectivity index (χ4n) is 2.17. The maximum atomic E-state index is 12.4. The molecule has 2 atom stereocenters. The summed E-state index contributed by atoms with van der Waals surface area (Å²) in [4.78, 5) is 25.3. The molecule has 0 aromatic carbocycles. The maximum absolute atomic E-state index is 12.4. The van der Waals surface area contributed by atoms with E-state index in [4.69, 9.17) is 0 Å². The summed E-state index contributed by atoms with van der Waals surface area (Å²) in [6.07, 6.45) is 4.21. The summed E-state index contributed by atoms with van der Waals surface area (Å²) in [5, 5.41) is 12.2. The van der Waals surface area contributed by atoms with Crippen LogP contribution < -0.4 is 5.32 Å². The standard InChI is InChI=1S/C13H22N2O3S2/c1-13(2,19-3)7-14-12(18)15-9(11(16)17)6-20-10(15)8-4-5-8/h8-10H,4-7H2,1-3H3,(H,14,18)(H,16,17). The van der Waals surface area contributed by atoms with Gasteiger partial charge in [0.05, 0.1) is 5.37 Å². The van der Waals surface area contributed by atoms with Gasteiger partial charge in [-0.2, -0.15) is 11.8 Å². The summed E-state index contributed by atoms with van der Waals surface area (Å²) in [6.45, 7) is 4.66. The zero-order chi connectivity index (χ0) is 14.9. The van der Waals surface area contributed by atoms with E-state index >= 15 is 0 Å². The Bertz CT molecular complexity index is 399. The first-order chi connectivity index (χ1) is 9.35. The molecule has 2 unspecified atom stereocenters. The SMILES string of the molecule is CSC(C)(C)CNC(=O)N1C(C(=O)O)CSC1C1CC1. The lowest BCUT2D eigenvalue weighted by Crippen LogP contribution is -2.52. The number of urea groups is 1. The zero-order valence-electron chi connectivity index (χ0n) is 12.1. The van der Waals surface area contributed by atoms with Gasteiger partial charge in [-0.25, -0.2) is 9.59 Å². The van der Waals surface area contributed by atoms with Crippen LogP contribution in [0.2, 0.25) is 0 Å². The van der Waals surface area contributed by atoms with E-state index in [0.717, 1.165) is 12.8 Å². The Morgan fingerprint density at radius 3 is 2.60 bits per heavy atom. The molecule has 0 aromatic rings. The number of thioether (sulfide) groups is 2. The molecule has 0 spiro atoms. The van der Waals surface area contributed by atoms with Crippen LogP contribution in [-0.2, 0) is 4.79 Å². The van der Waals surface area contributed by atoms with Crippen molar-refractivity contribution < 1.29 is 14.7 Å². The first-order valence-corrected chi connectivity index (χ1v) is 9.09. The maximum Gasteiger partial charge on any atom is 0.327 e. The Hall–Kier alpha value is -0.560. The Kier molecular flexibility index (Phi) is 4.79. The van der Waals surface area contributed by atoms with Gasteiger partial charge >= 0.3 is 12.0 Å². The van der Waals surface area contributed by atoms with E-state index in [1.165, 1.54) is 0 Å². The minimum absolute atomic E-state index is 0.0356. The molecular weight excluding hydrogens is 296 g/mol. The largest absolute Gasteiger partial charge is 0.480 e. The number of carbonyl (C=O) groups excluding carboxylic acids is 1. The first-order valence-electron chi connectivity index (χ1n) is 6.81. The molecule has 7 heteroatoms. The van der Waals surface area contributed by atoms with Gasteiger partial charge in [-0.3, -0.25) is 4.90 Å². The molecule has 0 bridgehead atoms. The number of rotatable bonds is 5. The van der Waals surface area contributed by atoms with Crippen LogP contribution in [0.15, 0.2) is 0 Å². The molecule has 5 nitrogen and oxygen atoms in total. The number of aliphatic carboxylic acids is 1. The zero-order valence-corrected chi connectivity index (χ0v) is 13.7. The van der Waals surface area contributed by atoms with Crippen molar-refractivity contribution in [1.82, 2.24) is 10.2 Å². The highest BCUT2D eigenvalue weighted by Crippen LogP contribution is 2.45. The highest BCUT2D eigenvalue weighted by molar-refractivity contribution is 8.00. The lowest BCUT2D eigenvalue weighted by Gasteiger charge is -2.30. The van der Waals surface area contributed by atoms with E-state index < -0.39 is 12.0 Å². The Morgan fingerprint density at radius 1 is 1.45 bits per heavy atom. The second-order valence-corrected chi connectivity index (χ2v) is 8.61. The number of nitrogens with zero attached hydrogens (tertiary/aromatic N) is 1. The third-order valence-electron chi connectivity index (χ3n) is 3.80. The van der Waals surface area contributed by atoms with E-state index in [1.807, 2.05) is 6.26 Å². The van der Waals surface area contributed by atoms with Gasteiger partial charge in [-0.1, -0.05) is 0 Å². The molecule has 1 saturated heterocycles. The van der Waals surface area contributed by atoms with Crippen molar-refractivity contribution in [2.45, 2.75) is 42.9 Å². The van der Waals surface area contributed by atoms with E-state index in [1.54, 1.807) is 28.4 Å². The van der Waals surface area contributed by atoms with E-state index in [9.17, 15) is 14.7 Å². The molecule has 0 aromatic heterocycles. The topological polar surface area (TPSA) is 69.6 Å². The van der Waals surface area contributed by atoms with Crippen molar-refractivity contribution in [3.8, 4) is 0 Å². The molecule has 2 N–H and O–H groups in total. The number of amides is 2. The number of carboxylic acid groups (broad SMARTS) is 1. The molecule has 20 heavy (non-hydrogen) atoms. The predicted molar refractivity (Wildman–Crippen MR) is 83.2 cm³/mol. The molecule has 2 aliphatic rings. The fourth-order valence-corrected chi connectivity index (χ4v) is 4.02. The molecule has 114 valence electrons. The second kappa shape index (κ2) is 6.05. The fraction of sp³-hybridized carbons (Fsp3) is 0.846. The van der Waals surface area contributed by atoms with Gasteiger partial charge in [0.1, 0.15) is 6.04 Å². The Labute approximate surface area is 128 Å². The van der Waals surface area contributed by atoms with E-state index in [0.29, 0.717) is 18.2 Å². The molecule has 2 fully saturated rings. The van der Waals surface area contributed by atoms with Crippen molar-refractivity contribution in [3.05, 3.63) is 0 Å². The molecule has 2 amide bonds. The molecule has 1 saturated carbocycles. The third kappa shape index (κ3) is 3.55. The monoisotopic (exact) mass is 318 g/mol. The summed E-state index contributed by atoms with van der Waals surface area (Å²) in [5.74, 6) is 0.0686. The van der Waals surface area contributed by atoms with Crippen molar-refractivity contribution in [2.24, 2.45) is 5.92 Å². The predicted octanol–water partition coefficient (Wildman–Crippen LogP) is 2.08. The van der Waals surface area contributed by atoms with Crippen LogP contribution in [0.5, 0.6) is 0 Å². The van der Waals surface area contributed by atoms with Gasteiger partial charge in [-0.15, -0.1) is 11.8 Å². The number of hydrogen-bond donors (Lipinski definition) is 2. The Morgan fingerprint density at radius 2 is 2.10 bits per heavy atom. The minimum atomic E-state index is -0.903. The van der Waals surface area contributed by atoms with Crippen LogP contribution >= 0.6 is 23.5 Å². The van der Waals surface area contributed by atoms with Crippen molar-refractivity contribution in [1.29, 1.82) is 0 Å². The number of carboxylic acids is 1. The van der Waals surface area contributed by atoms with Gasteiger partial charge in [0.2, 0.25) is 0 Å². The van der Waals surface area contributed by atoms with Gasteiger partial charge in [-0.05, 0) is 38.9 Å². The summed E-state index contributed by atoms with van der Waals surface area (Å²) in [7, 11) is 0. The minimum Gasteiger partial charge on any atom is -0.480 e. The summed E-state index contributed by atoms with van der Waals surface area (Å²) < 4.78 is -0.0453. The average Bonchev–Trinajstić information content (AvgIpc) is 3.14. The summed E-state index contributed by atoms with van der Waals surface area (Å²) >= 11 is 3.29.